The molecule has 0 aliphatic carbocycles. The summed E-state index contributed by atoms with van der Waals surface area (Å²) < 4.78 is 0. The van der Waals surface area contributed by atoms with Crippen molar-refractivity contribution in [3.8, 4) is 0 Å². The minimum absolute atomic E-state index is 0.145. The molecule has 27 heavy (non-hydrogen) atoms. The number of hydrogen-bond acceptors (Lipinski definition) is 2. The molecule has 0 bridgehead atoms. The average molecular weight is 377 g/mol. The van der Waals surface area contributed by atoms with Crippen molar-refractivity contribution in [1.82, 2.24) is 4.90 Å². The number of benzene rings is 3. The molecule has 3 aromatic carbocycles. The highest BCUT2D eigenvalue weighted by atomic mass is 35.5. The summed E-state index contributed by atoms with van der Waals surface area (Å²) >= 11 is 6.19. The van der Waals surface area contributed by atoms with E-state index in [2.05, 4.69) is 5.32 Å². The average Bonchev–Trinajstić information content (AvgIpc) is 3.01. The highest BCUT2D eigenvalue weighted by Crippen LogP contribution is 2.33. The molecule has 0 radical (unpaired) electrons. The number of para-hydroxylation sites is 1. The molecule has 4 rings (SSSR count). The first-order valence-corrected chi connectivity index (χ1v) is 9.02. The summed E-state index contributed by atoms with van der Waals surface area (Å²) in [6.07, 6.45) is 0. The van der Waals surface area contributed by atoms with Crippen LogP contribution in [0.15, 0.2) is 78.9 Å². The number of carbonyl (C=O) groups is 2. The lowest BCUT2D eigenvalue weighted by Crippen LogP contribution is -2.37. The fraction of sp³-hybridized carbons (Fsp3) is 0.0909. The number of halogens is 1. The molecule has 2 amide bonds. The van der Waals surface area contributed by atoms with Crippen molar-refractivity contribution in [1.29, 1.82) is 0 Å². The molecular weight excluding hydrogens is 360 g/mol. The van der Waals surface area contributed by atoms with Crippen LogP contribution in [0.3, 0.4) is 0 Å². The molecule has 1 atom stereocenters. The van der Waals surface area contributed by atoms with Crippen molar-refractivity contribution in [3.63, 3.8) is 0 Å². The van der Waals surface area contributed by atoms with E-state index >= 15 is 0 Å². The number of anilines is 1. The molecule has 0 spiro atoms. The third kappa shape index (κ3) is 3.32. The van der Waals surface area contributed by atoms with E-state index in [1.165, 1.54) is 0 Å². The van der Waals surface area contributed by atoms with E-state index in [9.17, 15) is 9.59 Å². The van der Waals surface area contributed by atoms with Crippen molar-refractivity contribution in [2.45, 2.75) is 12.6 Å². The number of nitrogens with one attached hydrogen (secondary N) is 1. The van der Waals surface area contributed by atoms with Gasteiger partial charge >= 0.3 is 0 Å². The van der Waals surface area contributed by atoms with E-state index in [-0.39, 0.29) is 11.8 Å². The monoisotopic (exact) mass is 376 g/mol. The number of carbonyl (C=O) groups excluding carboxylic acids is 2. The van der Waals surface area contributed by atoms with Crippen LogP contribution < -0.4 is 5.32 Å². The minimum Gasteiger partial charge on any atom is -0.323 e. The SMILES string of the molecule is O=C(Nc1ccccc1Cl)[C@@H](c1ccccc1)N1Cc2ccccc2C1=O. The largest absolute Gasteiger partial charge is 0.323 e. The summed E-state index contributed by atoms with van der Waals surface area (Å²) in [6.45, 7) is 0.393. The van der Waals surface area contributed by atoms with Gasteiger partial charge in [0.15, 0.2) is 0 Å². The molecule has 1 N–H and O–H groups in total. The fourth-order valence-corrected chi connectivity index (χ4v) is 3.54. The molecule has 0 unspecified atom stereocenters. The van der Waals surface area contributed by atoms with Gasteiger partial charge in [0.2, 0.25) is 0 Å². The maximum atomic E-state index is 13.2. The number of rotatable bonds is 4. The van der Waals surface area contributed by atoms with Gasteiger partial charge < -0.3 is 10.2 Å². The van der Waals surface area contributed by atoms with Crippen LogP contribution in [0.25, 0.3) is 0 Å². The Morgan fingerprint density at radius 3 is 2.33 bits per heavy atom. The minimum atomic E-state index is -0.748. The van der Waals surface area contributed by atoms with Crippen LogP contribution in [0, 0.1) is 0 Å². The lowest BCUT2D eigenvalue weighted by molar-refractivity contribution is -0.120. The van der Waals surface area contributed by atoms with Gasteiger partial charge in [-0.1, -0.05) is 72.3 Å². The Morgan fingerprint density at radius 1 is 0.926 bits per heavy atom. The summed E-state index contributed by atoms with van der Waals surface area (Å²) in [5.41, 5.74) is 2.84. The first-order valence-electron chi connectivity index (χ1n) is 8.64. The van der Waals surface area contributed by atoms with Gasteiger partial charge in [0.25, 0.3) is 11.8 Å². The normalized spacial score (nSPS) is 14.0. The highest BCUT2D eigenvalue weighted by molar-refractivity contribution is 6.33. The number of nitrogens with zero attached hydrogens (tertiary/aromatic N) is 1. The zero-order valence-corrected chi connectivity index (χ0v) is 15.2. The van der Waals surface area contributed by atoms with E-state index in [0.29, 0.717) is 22.8 Å². The van der Waals surface area contributed by atoms with Crippen LogP contribution in [0.5, 0.6) is 0 Å². The third-order valence-corrected chi connectivity index (χ3v) is 4.99. The first-order chi connectivity index (χ1) is 13.1. The van der Waals surface area contributed by atoms with Crippen LogP contribution in [-0.2, 0) is 11.3 Å². The Morgan fingerprint density at radius 2 is 1.59 bits per heavy atom. The quantitative estimate of drug-likeness (QED) is 0.719. The van der Waals surface area contributed by atoms with Crippen molar-refractivity contribution < 1.29 is 9.59 Å². The molecule has 5 heteroatoms. The zero-order valence-electron chi connectivity index (χ0n) is 14.4. The molecular formula is C22H17ClN2O2. The standard InChI is InChI=1S/C22H17ClN2O2/c23-18-12-6-7-13-19(18)24-21(26)20(15-8-2-1-3-9-15)25-14-16-10-4-5-11-17(16)22(25)27/h1-13,20H,14H2,(H,24,26)/t20-/m1/s1. The first kappa shape index (κ1) is 17.3. The second-order valence-electron chi connectivity index (χ2n) is 6.37. The van der Waals surface area contributed by atoms with Crippen molar-refractivity contribution >= 4 is 29.1 Å². The van der Waals surface area contributed by atoms with E-state index in [1.54, 1.807) is 35.2 Å². The summed E-state index contributed by atoms with van der Waals surface area (Å²) in [4.78, 5) is 27.7. The molecule has 1 aliphatic heterocycles. The molecule has 1 heterocycles. The predicted molar refractivity (Wildman–Crippen MR) is 106 cm³/mol. The molecule has 0 saturated carbocycles. The lowest BCUT2D eigenvalue weighted by atomic mass is 10.0. The molecule has 4 nitrogen and oxygen atoms in total. The van der Waals surface area contributed by atoms with E-state index in [0.717, 1.165) is 11.1 Å². The summed E-state index contributed by atoms with van der Waals surface area (Å²) in [7, 11) is 0. The summed E-state index contributed by atoms with van der Waals surface area (Å²) in [5.74, 6) is -0.441. The highest BCUT2D eigenvalue weighted by Gasteiger charge is 2.37. The Bertz CT molecular complexity index is 1000. The van der Waals surface area contributed by atoms with Crippen LogP contribution in [0.4, 0.5) is 5.69 Å². The molecule has 1 aliphatic rings. The van der Waals surface area contributed by atoms with Gasteiger partial charge in [0.05, 0.1) is 10.7 Å². The maximum Gasteiger partial charge on any atom is 0.255 e. The van der Waals surface area contributed by atoms with Gasteiger partial charge in [-0.15, -0.1) is 0 Å². The van der Waals surface area contributed by atoms with Gasteiger partial charge in [0, 0.05) is 12.1 Å². The number of hydrogen-bond donors (Lipinski definition) is 1. The third-order valence-electron chi connectivity index (χ3n) is 4.66. The van der Waals surface area contributed by atoms with E-state index < -0.39 is 6.04 Å². The zero-order chi connectivity index (χ0) is 18.8. The van der Waals surface area contributed by atoms with Crippen molar-refractivity contribution in [2.75, 3.05) is 5.32 Å². The van der Waals surface area contributed by atoms with Gasteiger partial charge in [-0.05, 0) is 29.3 Å². The van der Waals surface area contributed by atoms with Crippen LogP contribution in [0.1, 0.15) is 27.5 Å². The Hall–Kier alpha value is -3.11. The molecule has 134 valence electrons. The lowest BCUT2D eigenvalue weighted by Gasteiger charge is -2.27. The number of amides is 2. The summed E-state index contributed by atoms with van der Waals surface area (Å²) in [6, 6.07) is 23.1. The topological polar surface area (TPSA) is 49.4 Å². The van der Waals surface area contributed by atoms with E-state index in [1.807, 2.05) is 48.5 Å². The van der Waals surface area contributed by atoms with Crippen LogP contribution in [0.2, 0.25) is 5.02 Å². The second-order valence-corrected chi connectivity index (χ2v) is 6.78. The molecule has 3 aromatic rings. The van der Waals surface area contributed by atoms with Gasteiger partial charge in [0.1, 0.15) is 6.04 Å². The van der Waals surface area contributed by atoms with Crippen LogP contribution >= 0.6 is 11.6 Å². The van der Waals surface area contributed by atoms with Gasteiger partial charge in [-0.25, -0.2) is 0 Å². The van der Waals surface area contributed by atoms with Gasteiger partial charge in [-0.2, -0.15) is 0 Å². The smallest absolute Gasteiger partial charge is 0.255 e. The molecule has 0 saturated heterocycles. The molecule has 0 aromatic heterocycles. The predicted octanol–water partition coefficient (Wildman–Crippen LogP) is 4.68. The Kier molecular flexibility index (Phi) is 4.65. The van der Waals surface area contributed by atoms with Crippen molar-refractivity contribution in [3.05, 3.63) is 101 Å². The molecule has 0 fully saturated rings. The van der Waals surface area contributed by atoms with E-state index in [4.69, 9.17) is 11.6 Å². The second kappa shape index (κ2) is 7.25. The van der Waals surface area contributed by atoms with Gasteiger partial charge in [-0.3, -0.25) is 9.59 Å². The number of fused-ring (bicyclic) bond motifs is 1. The van der Waals surface area contributed by atoms with Crippen LogP contribution in [-0.4, -0.2) is 16.7 Å². The maximum absolute atomic E-state index is 13.2. The summed E-state index contributed by atoms with van der Waals surface area (Å²) in [5, 5.41) is 3.32. The van der Waals surface area contributed by atoms with Crippen molar-refractivity contribution in [2.24, 2.45) is 0 Å². The fourth-order valence-electron chi connectivity index (χ4n) is 3.36. The Labute approximate surface area is 162 Å². The Balaban J connectivity index is 1.70.